The minimum Gasteiger partial charge on any atom is -0.294 e. The number of benzene rings is 2. The van der Waals surface area contributed by atoms with Crippen LogP contribution in [-0.4, -0.2) is 28.7 Å². The molecule has 0 atom stereocenters. The first-order valence-corrected chi connectivity index (χ1v) is 8.61. The number of non-ortho nitro benzene ring substituents is 1. The maximum atomic E-state index is 12.8. The molecule has 5 nitrogen and oxygen atoms in total. The second-order valence-corrected chi connectivity index (χ2v) is 7.36. The van der Waals surface area contributed by atoms with Crippen LogP contribution in [0.1, 0.15) is 25.0 Å². The maximum Gasteiger partial charge on any atom is 0.269 e. The van der Waals surface area contributed by atoms with Gasteiger partial charge in [0.2, 0.25) is 0 Å². The average molecular weight is 350 g/mol. The highest BCUT2D eigenvalue weighted by Crippen LogP contribution is 2.30. The molecule has 2 aromatic rings. The molecule has 0 N–H and O–H groups in total. The van der Waals surface area contributed by atoms with E-state index in [1.807, 2.05) is 38.1 Å². The summed E-state index contributed by atoms with van der Waals surface area (Å²) in [4.78, 5) is 25.5. The fourth-order valence-electron chi connectivity index (χ4n) is 3.39. The van der Waals surface area contributed by atoms with Crippen LogP contribution in [0, 0.1) is 15.5 Å². The maximum absolute atomic E-state index is 12.8. The Kier molecular flexibility index (Phi) is 5.00. The van der Waals surface area contributed by atoms with Crippen LogP contribution in [0.25, 0.3) is 6.08 Å². The van der Waals surface area contributed by atoms with Crippen molar-refractivity contribution in [3.8, 4) is 0 Å². The Hall–Kier alpha value is -2.79. The number of carbonyl (C=O) groups excluding carboxylic acids is 1. The van der Waals surface area contributed by atoms with Crippen molar-refractivity contribution in [2.75, 3.05) is 13.1 Å². The third kappa shape index (κ3) is 4.06. The van der Waals surface area contributed by atoms with Gasteiger partial charge in [-0.1, -0.05) is 44.2 Å². The van der Waals surface area contributed by atoms with Gasteiger partial charge in [-0.2, -0.15) is 0 Å². The first-order valence-electron chi connectivity index (χ1n) is 8.61. The van der Waals surface area contributed by atoms with E-state index in [1.165, 1.54) is 17.7 Å². The number of carbonyl (C=O) groups is 1. The van der Waals surface area contributed by atoms with Crippen LogP contribution in [0.5, 0.6) is 0 Å². The van der Waals surface area contributed by atoms with E-state index in [0.717, 1.165) is 17.7 Å². The minimum atomic E-state index is -0.459. The summed E-state index contributed by atoms with van der Waals surface area (Å²) >= 11 is 0. The van der Waals surface area contributed by atoms with Crippen molar-refractivity contribution in [3.63, 3.8) is 0 Å². The lowest BCUT2D eigenvalue weighted by Crippen LogP contribution is -2.47. The van der Waals surface area contributed by atoms with E-state index in [1.54, 1.807) is 12.1 Å². The van der Waals surface area contributed by atoms with Gasteiger partial charge in [0.05, 0.1) is 4.92 Å². The van der Waals surface area contributed by atoms with Gasteiger partial charge in [-0.3, -0.25) is 19.8 Å². The molecule has 5 heteroatoms. The van der Waals surface area contributed by atoms with Crippen LogP contribution in [0.4, 0.5) is 5.69 Å². The van der Waals surface area contributed by atoms with Gasteiger partial charge in [0.1, 0.15) is 0 Å². The van der Waals surface area contributed by atoms with E-state index >= 15 is 0 Å². The zero-order valence-corrected chi connectivity index (χ0v) is 15.0. The number of ketones is 1. The van der Waals surface area contributed by atoms with Gasteiger partial charge in [-0.15, -0.1) is 0 Å². The molecule has 26 heavy (non-hydrogen) atoms. The molecule has 1 aliphatic rings. The SMILES string of the molecule is CC1(C)CN(Cc2ccccc2)C/C(=C/c2ccc([N+](=O)[O-])cc2)C1=O. The number of nitrogens with zero attached hydrogens (tertiary/aromatic N) is 2. The van der Waals surface area contributed by atoms with Gasteiger partial charge in [0.25, 0.3) is 5.69 Å². The van der Waals surface area contributed by atoms with Gasteiger partial charge in [-0.05, 0) is 29.3 Å². The van der Waals surface area contributed by atoms with Crippen LogP contribution in [0.15, 0.2) is 60.2 Å². The summed E-state index contributed by atoms with van der Waals surface area (Å²) in [5.41, 5.74) is 2.35. The monoisotopic (exact) mass is 350 g/mol. The van der Waals surface area contributed by atoms with Crippen LogP contribution < -0.4 is 0 Å². The van der Waals surface area contributed by atoms with Crippen LogP contribution in [0.3, 0.4) is 0 Å². The average Bonchev–Trinajstić information content (AvgIpc) is 2.60. The fourth-order valence-corrected chi connectivity index (χ4v) is 3.39. The number of hydrogen-bond donors (Lipinski definition) is 0. The first kappa shape index (κ1) is 18.0. The Morgan fingerprint density at radius 3 is 2.38 bits per heavy atom. The van der Waals surface area contributed by atoms with Gasteiger partial charge >= 0.3 is 0 Å². The molecule has 1 heterocycles. The van der Waals surface area contributed by atoms with Gasteiger partial charge < -0.3 is 0 Å². The van der Waals surface area contributed by atoms with Crippen molar-refractivity contribution < 1.29 is 9.72 Å². The fraction of sp³-hybridized carbons (Fsp3) is 0.286. The second kappa shape index (κ2) is 7.22. The predicted molar refractivity (Wildman–Crippen MR) is 102 cm³/mol. The summed E-state index contributed by atoms with van der Waals surface area (Å²) in [6.45, 7) is 6.01. The van der Waals surface area contributed by atoms with Crippen molar-refractivity contribution in [2.24, 2.45) is 5.41 Å². The van der Waals surface area contributed by atoms with Crippen LogP contribution >= 0.6 is 0 Å². The second-order valence-electron chi connectivity index (χ2n) is 7.36. The quantitative estimate of drug-likeness (QED) is 0.473. The van der Waals surface area contributed by atoms with Crippen LogP contribution in [-0.2, 0) is 11.3 Å². The number of nitro benzene ring substituents is 1. The first-order chi connectivity index (χ1) is 12.3. The Morgan fingerprint density at radius 2 is 1.77 bits per heavy atom. The summed E-state index contributed by atoms with van der Waals surface area (Å²) in [6.07, 6.45) is 1.85. The molecule has 0 unspecified atom stereocenters. The molecule has 0 spiro atoms. The zero-order chi connectivity index (χ0) is 18.7. The Labute approximate surface area is 153 Å². The molecule has 134 valence electrons. The molecule has 3 rings (SSSR count). The van der Waals surface area contributed by atoms with E-state index in [0.29, 0.717) is 13.1 Å². The van der Waals surface area contributed by atoms with Crippen molar-refractivity contribution in [1.29, 1.82) is 0 Å². The number of piperidine rings is 1. The van der Waals surface area contributed by atoms with Gasteiger partial charge in [0.15, 0.2) is 5.78 Å². The van der Waals surface area contributed by atoms with E-state index in [4.69, 9.17) is 0 Å². The summed E-state index contributed by atoms with van der Waals surface area (Å²) in [5.74, 6) is 0.139. The number of nitro groups is 1. The topological polar surface area (TPSA) is 63.4 Å². The van der Waals surface area contributed by atoms with E-state index in [9.17, 15) is 14.9 Å². The Balaban J connectivity index is 1.84. The predicted octanol–water partition coefficient (Wildman–Crippen LogP) is 4.09. The van der Waals surface area contributed by atoms with Crippen molar-refractivity contribution in [3.05, 3.63) is 81.4 Å². The molecular formula is C21H22N2O3. The lowest BCUT2D eigenvalue weighted by atomic mass is 9.79. The highest BCUT2D eigenvalue weighted by Gasteiger charge is 2.37. The van der Waals surface area contributed by atoms with E-state index < -0.39 is 10.3 Å². The van der Waals surface area contributed by atoms with Crippen LogP contribution in [0.2, 0.25) is 0 Å². The highest BCUT2D eigenvalue weighted by molar-refractivity contribution is 6.04. The van der Waals surface area contributed by atoms with E-state index in [2.05, 4.69) is 17.0 Å². The molecule has 0 aromatic heterocycles. The molecule has 2 aromatic carbocycles. The summed E-state index contributed by atoms with van der Waals surface area (Å²) in [5, 5.41) is 10.8. The highest BCUT2D eigenvalue weighted by atomic mass is 16.6. The molecule has 1 aliphatic heterocycles. The van der Waals surface area contributed by atoms with Crippen molar-refractivity contribution in [1.82, 2.24) is 4.90 Å². The lowest BCUT2D eigenvalue weighted by Gasteiger charge is -2.38. The van der Waals surface area contributed by atoms with Gasteiger partial charge in [-0.25, -0.2) is 0 Å². The van der Waals surface area contributed by atoms with E-state index in [-0.39, 0.29) is 11.5 Å². The standard InChI is InChI=1S/C21H22N2O3/c1-21(2)15-22(13-17-6-4-3-5-7-17)14-18(20(21)24)12-16-8-10-19(11-9-16)23(25)26/h3-12H,13-15H2,1-2H3/b18-12-. The number of Topliss-reactive ketones (excluding diaryl/α,β-unsaturated/α-hetero) is 1. The largest absolute Gasteiger partial charge is 0.294 e. The minimum absolute atomic E-state index is 0.0492. The smallest absolute Gasteiger partial charge is 0.269 e. The molecule has 1 saturated heterocycles. The van der Waals surface area contributed by atoms with Crippen molar-refractivity contribution >= 4 is 17.5 Å². The zero-order valence-electron chi connectivity index (χ0n) is 15.0. The Morgan fingerprint density at radius 1 is 1.12 bits per heavy atom. The molecule has 0 radical (unpaired) electrons. The number of likely N-dealkylation sites (tertiary alicyclic amines) is 1. The normalized spacial score (nSPS) is 18.8. The summed E-state index contributed by atoms with van der Waals surface area (Å²) < 4.78 is 0. The number of hydrogen-bond acceptors (Lipinski definition) is 4. The molecule has 0 amide bonds. The lowest BCUT2D eigenvalue weighted by molar-refractivity contribution is -0.384. The third-order valence-electron chi connectivity index (χ3n) is 4.61. The van der Waals surface area contributed by atoms with Gasteiger partial charge in [0, 0.05) is 42.8 Å². The third-order valence-corrected chi connectivity index (χ3v) is 4.61. The molecule has 0 saturated carbocycles. The summed E-state index contributed by atoms with van der Waals surface area (Å²) in [6, 6.07) is 16.5. The molecule has 0 aliphatic carbocycles. The Bertz CT molecular complexity index is 839. The molecule has 1 fully saturated rings. The molecular weight excluding hydrogens is 328 g/mol. The summed E-state index contributed by atoms with van der Waals surface area (Å²) in [7, 11) is 0. The van der Waals surface area contributed by atoms with Crippen molar-refractivity contribution in [2.45, 2.75) is 20.4 Å². The number of rotatable bonds is 4. The molecule has 0 bridgehead atoms.